The molecule has 0 saturated heterocycles. The number of carbonyl (C=O) groups is 2. The Kier molecular flexibility index (Phi) is 5.85. The number of benzene rings is 1. The summed E-state index contributed by atoms with van der Waals surface area (Å²) in [5.74, 6) is -1.20. The predicted octanol–water partition coefficient (Wildman–Crippen LogP) is 2.41. The molecule has 0 aliphatic rings. The van der Waals surface area contributed by atoms with Gasteiger partial charge in [-0.05, 0) is 11.5 Å². The number of hydrogen-bond donors (Lipinski definition) is 2. The third kappa shape index (κ3) is 4.99. The van der Waals surface area contributed by atoms with Gasteiger partial charge in [0.25, 0.3) is 0 Å². The predicted molar refractivity (Wildman–Crippen MR) is 70.6 cm³/mol. The van der Waals surface area contributed by atoms with Crippen molar-refractivity contribution in [3.63, 3.8) is 0 Å². The van der Waals surface area contributed by atoms with Crippen molar-refractivity contribution in [3.05, 3.63) is 35.9 Å². The van der Waals surface area contributed by atoms with Crippen molar-refractivity contribution >= 4 is 12.1 Å². The topological polar surface area (TPSA) is 75.6 Å². The molecule has 5 heteroatoms. The number of rotatable bonds is 6. The summed E-state index contributed by atoms with van der Waals surface area (Å²) in [6.07, 6.45) is -0.0489. The second-order valence-electron chi connectivity index (χ2n) is 4.41. The number of amides is 1. The third-order valence-corrected chi connectivity index (χ3v) is 2.97. The van der Waals surface area contributed by atoms with Gasteiger partial charge in [0, 0.05) is 0 Å². The Morgan fingerprint density at radius 3 is 2.47 bits per heavy atom. The lowest BCUT2D eigenvalue weighted by atomic mass is 10.00. The van der Waals surface area contributed by atoms with E-state index in [-0.39, 0.29) is 12.5 Å². The fourth-order valence-corrected chi connectivity index (χ4v) is 1.57. The smallest absolute Gasteiger partial charge is 0.408 e. The molecule has 0 aliphatic carbocycles. The summed E-state index contributed by atoms with van der Waals surface area (Å²) in [6, 6.07) is 8.29. The maximum atomic E-state index is 11.6. The number of hydrogen-bond acceptors (Lipinski definition) is 3. The molecular formula is C14H19NO4. The van der Waals surface area contributed by atoms with Crippen LogP contribution in [0.5, 0.6) is 0 Å². The Bertz CT molecular complexity index is 419. The van der Waals surface area contributed by atoms with Crippen LogP contribution >= 0.6 is 0 Å². The first-order valence-corrected chi connectivity index (χ1v) is 6.24. The third-order valence-electron chi connectivity index (χ3n) is 2.97. The number of carboxylic acid groups (broad SMARTS) is 1. The largest absolute Gasteiger partial charge is 0.480 e. The van der Waals surface area contributed by atoms with Crippen LogP contribution in [-0.2, 0) is 16.1 Å². The highest BCUT2D eigenvalue weighted by molar-refractivity contribution is 5.80. The second kappa shape index (κ2) is 7.41. The highest BCUT2D eigenvalue weighted by Gasteiger charge is 2.25. The summed E-state index contributed by atoms with van der Waals surface area (Å²) in [7, 11) is 0. The van der Waals surface area contributed by atoms with Crippen molar-refractivity contribution < 1.29 is 19.4 Å². The summed E-state index contributed by atoms with van der Waals surface area (Å²) in [5.41, 5.74) is 0.855. The van der Waals surface area contributed by atoms with Crippen LogP contribution in [0.4, 0.5) is 4.79 Å². The van der Waals surface area contributed by atoms with Crippen LogP contribution in [0.1, 0.15) is 25.8 Å². The van der Waals surface area contributed by atoms with Crippen LogP contribution in [0.3, 0.4) is 0 Å². The van der Waals surface area contributed by atoms with Gasteiger partial charge in [-0.2, -0.15) is 0 Å². The van der Waals surface area contributed by atoms with E-state index in [9.17, 15) is 9.59 Å². The molecule has 0 spiro atoms. The fraction of sp³-hybridized carbons (Fsp3) is 0.429. The molecule has 5 nitrogen and oxygen atoms in total. The summed E-state index contributed by atoms with van der Waals surface area (Å²) in [6.45, 7) is 3.77. The normalized spacial score (nSPS) is 13.4. The van der Waals surface area contributed by atoms with E-state index in [0.29, 0.717) is 6.42 Å². The van der Waals surface area contributed by atoms with Crippen molar-refractivity contribution in [2.45, 2.75) is 32.9 Å². The highest BCUT2D eigenvalue weighted by Crippen LogP contribution is 2.08. The number of carbonyl (C=O) groups excluding carboxylic acids is 1. The van der Waals surface area contributed by atoms with E-state index >= 15 is 0 Å². The van der Waals surface area contributed by atoms with Crippen LogP contribution in [0, 0.1) is 5.92 Å². The van der Waals surface area contributed by atoms with Crippen molar-refractivity contribution in [2.75, 3.05) is 0 Å². The number of aliphatic carboxylic acids is 1. The molecule has 0 saturated carbocycles. The number of carboxylic acids is 1. The maximum absolute atomic E-state index is 11.6. The Morgan fingerprint density at radius 2 is 1.95 bits per heavy atom. The highest BCUT2D eigenvalue weighted by atomic mass is 16.5. The quantitative estimate of drug-likeness (QED) is 0.828. The molecule has 1 amide bonds. The minimum absolute atomic E-state index is 0.125. The summed E-state index contributed by atoms with van der Waals surface area (Å²) in [5, 5.41) is 11.4. The summed E-state index contributed by atoms with van der Waals surface area (Å²) >= 11 is 0. The first-order valence-electron chi connectivity index (χ1n) is 6.24. The molecule has 0 aliphatic heterocycles. The van der Waals surface area contributed by atoms with Gasteiger partial charge < -0.3 is 15.2 Å². The van der Waals surface area contributed by atoms with Crippen molar-refractivity contribution in [2.24, 2.45) is 5.92 Å². The van der Waals surface area contributed by atoms with Gasteiger partial charge in [0.15, 0.2) is 0 Å². The van der Waals surface area contributed by atoms with Crippen LogP contribution in [0.2, 0.25) is 0 Å². The molecule has 0 radical (unpaired) electrons. The summed E-state index contributed by atoms with van der Waals surface area (Å²) in [4.78, 5) is 22.6. The zero-order chi connectivity index (χ0) is 14.3. The monoisotopic (exact) mass is 265 g/mol. The molecule has 0 aromatic heterocycles. The first kappa shape index (κ1) is 15.0. The van der Waals surface area contributed by atoms with Gasteiger partial charge in [-0.15, -0.1) is 0 Å². The van der Waals surface area contributed by atoms with Gasteiger partial charge in [-0.1, -0.05) is 50.6 Å². The lowest BCUT2D eigenvalue weighted by Crippen LogP contribution is -2.45. The molecule has 2 N–H and O–H groups in total. The van der Waals surface area contributed by atoms with Gasteiger partial charge >= 0.3 is 12.1 Å². The Balaban J connectivity index is 2.47. The van der Waals surface area contributed by atoms with Crippen molar-refractivity contribution in [1.29, 1.82) is 0 Å². The Hall–Kier alpha value is -2.04. The zero-order valence-corrected chi connectivity index (χ0v) is 11.1. The number of nitrogens with one attached hydrogen (secondary N) is 1. The van der Waals surface area contributed by atoms with E-state index < -0.39 is 18.1 Å². The molecule has 104 valence electrons. The second-order valence-corrected chi connectivity index (χ2v) is 4.41. The molecule has 0 unspecified atom stereocenters. The van der Waals surface area contributed by atoms with Crippen LogP contribution in [0.15, 0.2) is 30.3 Å². The van der Waals surface area contributed by atoms with Gasteiger partial charge in [-0.25, -0.2) is 9.59 Å². The van der Waals surface area contributed by atoms with Crippen LogP contribution < -0.4 is 5.32 Å². The van der Waals surface area contributed by atoms with E-state index in [0.717, 1.165) is 5.56 Å². The standard InChI is InChI=1S/C14H19NO4/c1-3-10(2)12(13(16)17)15-14(18)19-9-11-7-5-4-6-8-11/h4-8,10,12H,3,9H2,1-2H3,(H,15,18)(H,16,17)/t10-,12-/m0/s1. The van der Waals surface area contributed by atoms with E-state index in [1.54, 1.807) is 6.92 Å². The van der Waals surface area contributed by atoms with Gasteiger partial charge in [0.1, 0.15) is 12.6 Å². The molecular weight excluding hydrogens is 246 g/mol. The Morgan fingerprint density at radius 1 is 1.32 bits per heavy atom. The molecule has 1 aromatic rings. The van der Waals surface area contributed by atoms with E-state index in [4.69, 9.17) is 9.84 Å². The fourth-order valence-electron chi connectivity index (χ4n) is 1.57. The van der Waals surface area contributed by atoms with Gasteiger partial charge in [0.05, 0.1) is 0 Å². The lowest BCUT2D eigenvalue weighted by Gasteiger charge is -2.19. The molecule has 0 fully saturated rings. The molecule has 19 heavy (non-hydrogen) atoms. The van der Waals surface area contributed by atoms with Crippen molar-refractivity contribution in [1.82, 2.24) is 5.32 Å². The maximum Gasteiger partial charge on any atom is 0.408 e. The molecule has 1 aromatic carbocycles. The minimum atomic E-state index is -1.05. The zero-order valence-electron chi connectivity index (χ0n) is 11.1. The van der Waals surface area contributed by atoms with Gasteiger partial charge in [-0.3, -0.25) is 0 Å². The first-order chi connectivity index (χ1) is 9.04. The van der Waals surface area contributed by atoms with Gasteiger partial charge in [0.2, 0.25) is 0 Å². The lowest BCUT2D eigenvalue weighted by molar-refractivity contribution is -0.140. The Labute approximate surface area is 112 Å². The molecule has 2 atom stereocenters. The van der Waals surface area contributed by atoms with E-state index in [1.807, 2.05) is 37.3 Å². The average molecular weight is 265 g/mol. The van der Waals surface area contributed by atoms with Crippen LogP contribution in [-0.4, -0.2) is 23.2 Å². The van der Waals surface area contributed by atoms with Crippen LogP contribution in [0.25, 0.3) is 0 Å². The number of alkyl carbamates (subject to hydrolysis) is 1. The molecule has 0 bridgehead atoms. The van der Waals surface area contributed by atoms with E-state index in [1.165, 1.54) is 0 Å². The molecule has 1 rings (SSSR count). The average Bonchev–Trinajstić information content (AvgIpc) is 2.42. The summed E-state index contributed by atoms with van der Waals surface area (Å²) < 4.78 is 4.99. The number of ether oxygens (including phenoxy) is 1. The van der Waals surface area contributed by atoms with Crippen molar-refractivity contribution in [3.8, 4) is 0 Å². The SMILES string of the molecule is CC[C@H](C)[C@H](NC(=O)OCc1ccccc1)C(=O)O. The molecule has 0 heterocycles. The van der Waals surface area contributed by atoms with E-state index in [2.05, 4.69) is 5.32 Å². The minimum Gasteiger partial charge on any atom is -0.480 e.